The van der Waals surface area contributed by atoms with E-state index in [9.17, 15) is 9.90 Å². The number of thioether (sulfide) groups is 1. The second kappa shape index (κ2) is 5.80. The fourth-order valence-electron chi connectivity index (χ4n) is 2.22. The van der Waals surface area contributed by atoms with E-state index in [1.165, 1.54) is 0 Å². The molecule has 0 unspecified atom stereocenters. The molecule has 1 aliphatic carbocycles. The van der Waals surface area contributed by atoms with Crippen molar-refractivity contribution in [1.29, 1.82) is 0 Å². The van der Waals surface area contributed by atoms with E-state index in [1.54, 1.807) is 29.8 Å². The van der Waals surface area contributed by atoms with E-state index in [2.05, 4.69) is 0 Å². The highest BCUT2D eigenvalue weighted by Gasteiger charge is 2.29. The van der Waals surface area contributed by atoms with Crippen molar-refractivity contribution in [2.75, 3.05) is 19.8 Å². The summed E-state index contributed by atoms with van der Waals surface area (Å²) in [6.45, 7) is 0.689. The molecule has 0 aliphatic heterocycles. The normalized spacial score (nSPS) is 22.6. The topological polar surface area (TPSA) is 53.7 Å². The van der Waals surface area contributed by atoms with Crippen LogP contribution in [0.3, 0.4) is 0 Å². The van der Waals surface area contributed by atoms with Gasteiger partial charge in [-0.3, -0.25) is 4.79 Å². The second-order valence-electron chi connectivity index (χ2n) is 4.88. The summed E-state index contributed by atoms with van der Waals surface area (Å²) in [7, 11) is 1.78. The molecule has 4 nitrogen and oxygen atoms in total. The van der Waals surface area contributed by atoms with Crippen LogP contribution in [0.25, 0.3) is 0 Å². The lowest BCUT2D eigenvalue weighted by Crippen LogP contribution is -2.39. The van der Waals surface area contributed by atoms with Crippen molar-refractivity contribution in [3.8, 4) is 0 Å². The van der Waals surface area contributed by atoms with Gasteiger partial charge in [-0.1, -0.05) is 0 Å². The molecule has 5 heteroatoms. The third kappa shape index (κ3) is 3.09. The van der Waals surface area contributed by atoms with Gasteiger partial charge in [0.25, 0.3) is 5.91 Å². The molecule has 1 aliphatic rings. The van der Waals surface area contributed by atoms with Crippen LogP contribution in [0.2, 0.25) is 0 Å². The van der Waals surface area contributed by atoms with Crippen LogP contribution in [0, 0.1) is 5.92 Å². The summed E-state index contributed by atoms with van der Waals surface area (Å²) in [5.41, 5.74) is 0. The summed E-state index contributed by atoms with van der Waals surface area (Å²) in [6, 6.07) is 3.59. The van der Waals surface area contributed by atoms with Crippen LogP contribution < -0.4 is 0 Å². The van der Waals surface area contributed by atoms with Gasteiger partial charge in [-0.25, -0.2) is 0 Å². The summed E-state index contributed by atoms with van der Waals surface area (Å²) < 4.78 is 5.50. The maximum atomic E-state index is 12.1. The van der Waals surface area contributed by atoms with Gasteiger partial charge < -0.3 is 14.4 Å². The van der Waals surface area contributed by atoms with Crippen molar-refractivity contribution in [2.45, 2.75) is 24.7 Å². The highest BCUT2D eigenvalue weighted by atomic mass is 32.2. The Labute approximate surface area is 111 Å². The highest BCUT2D eigenvalue weighted by Crippen LogP contribution is 2.28. The van der Waals surface area contributed by atoms with Gasteiger partial charge in [0.05, 0.1) is 11.9 Å². The molecule has 100 valence electrons. The van der Waals surface area contributed by atoms with Crippen molar-refractivity contribution < 1.29 is 14.3 Å². The number of amides is 1. The summed E-state index contributed by atoms with van der Waals surface area (Å²) in [5.74, 6) is 2.37. The second-order valence-corrected chi connectivity index (χ2v) is 5.74. The fourth-order valence-corrected chi connectivity index (χ4v) is 2.66. The minimum absolute atomic E-state index is 0.0799. The maximum absolute atomic E-state index is 12.1. The quantitative estimate of drug-likeness (QED) is 0.888. The van der Waals surface area contributed by atoms with Crippen LogP contribution in [0.5, 0.6) is 0 Å². The van der Waals surface area contributed by atoms with Gasteiger partial charge in [-0.2, -0.15) is 11.8 Å². The zero-order valence-corrected chi connectivity index (χ0v) is 11.6. The number of hydrogen-bond donors (Lipinski definition) is 1. The molecule has 0 aromatic carbocycles. The predicted molar refractivity (Wildman–Crippen MR) is 71.6 cm³/mol. The lowest BCUT2D eigenvalue weighted by Gasteiger charge is -2.34. The van der Waals surface area contributed by atoms with Gasteiger partial charge in [-0.15, -0.1) is 0 Å². The Kier molecular flexibility index (Phi) is 4.35. The largest absolute Gasteiger partial charge is 0.455 e. The zero-order valence-electron chi connectivity index (χ0n) is 10.8. The first-order valence-electron chi connectivity index (χ1n) is 6.11. The molecule has 1 aromatic rings. The minimum atomic E-state index is -0.171. The first-order valence-corrected chi connectivity index (χ1v) is 7.50. The summed E-state index contributed by atoms with van der Waals surface area (Å²) in [6.07, 6.45) is 3.43. The van der Waals surface area contributed by atoms with Crippen molar-refractivity contribution in [1.82, 2.24) is 4.90 Å². The van der Waals surface area contributed by atoms with E-state index in [4.69, 9.17) is 4.42 Å². The lowest BCUT2D eigenvalue weighted by molar-refractivity contribution is 0.0257. The lowest BCUT2D eigenvalue weighted by atomic mass is 9.82. The zero-order chi connectivity index (χ0) is 13.1. The summed E-state index contributed by atoms with van der Waals surface area (Å²) in [5, 5.41) is 9.22. The number of aliphatic hydroxyl groups excluding tert-OH is 1. The van der Waals surface area contributed by atoms with Crippen LogP contribution in [0.15, 0.2) is 16.5 Å². The number of rotatable bonds is 5. The number of aliphatic hydroxyl groups is 1. The van der Waals surface area contributed by atoms with E-state index < -0.39 is 0 Å². The van der Waals surface area contributed by atoms with Crippen LogP contribution in [-0.4, -0.2) is 41.9 Å². The maximum Gasteiger partial charge on any atom is 0.289 e. The van der Waals surface area contributed by atoms with Crippen molar-refractivity contribution in [3.05, 3.63) is 23.7 Å². The average molecular weight is 269 g/mol. The van der Waals surface area contributed by atoms with E-state index in [1.807, 2.05) is 12.3 Å². The molecule has 0 bridgehead atoms. The summed E-state index contributed by atoms with van der Waals surface area (Å²) >= 11 is 1.67. The third-order valence-corrected chi connectivity index (χ3v) is 3.82. The third-order valence-electron chi connectivity index (χ3n) is 3.25. The van der Waals surface area contributed by atoms with Gasteiger partial charge >= 0.3 is 0 Å². The SMILES string of the molecule is CSCc1ccc(C(=O)N(C)CC2CC(O)C2)o1. The Morgan fingerprint density at radius 3 is 2.89 bits per heavy atom. The first-order chi connectivity index (χ1) is 8.60. The fraction of sp³-hybridized carbons (Fsp3) is 0.615. The van der Waals surface area contributed by atoms with Crippen molar-refractivity contribution in [2.24, 2.45) is 5.92 Å². The Morgan fingerprint density at radius 1 is 1.56 bits per heavy atom. The van der Waals surface area contributed by atoms with Crippen LogP contribution in [-0.2, 0) is 5.75 Å². The average Bonchev–Trinajstić information content (AvgIpc) is 2.75. The Hall–Kier alpha value is -0.940. The van der Waals surface area contributed by atoms with Crippen molar-refractivity contribution >= 4 is 17.7 Å². The Balaban J connectivity index is 1.88. The molecule has 2 rings (SSSR count). The van der Waals surface area contributed by atoms with Crippen molar-refractivity contribution in [3.63, 3.8) is 0 Å². The molecule has 18 heavy (non-hydrogen) atoms. The molecule has 0 spiro atoms. The minimum Gasteiger partial charge on any atom is -0.455 e. The molecule has 1 N–H and O–H groups in total. The molecule has 0 saturated heterocycles. The van der Waals surface area contributed by atoms with Gasteiger partial charge in [-0.05, 0) is 37.1 Å². The summed E-state index contributed by atoms with van der Waals surface area (Å²) in [4.78, 5) is 13.8. The van der Waals surface area contributed by atoms with E-state index in [0.29, 0.717) is 18.2 Å². The monoisotopic (exact) mass is 269 g/mol. The molecule has 1 fully saturated rings. The number of nitrogens with zero attached hydrogens (tertiary/aromatic N) is 1. The molecule has 1 amide bonds. The highest BCUT2D eigenvalue weighted by molar-refractivity contribution is 7.97. The number of furan rings is 1. The smallest absolute Gasteiger partial charge is 0.289 e. The standard InChI is InChI=1S/C13H19NO3S/c1-14(7-9-5-10(15)6-9)13(16)12-4-3-11(17-12)8-18-2/h3-4,9-10,15H,5-8H2,1-2H3. The van der Waals surface area contributed by atoms with Gasteiger partial charge in [0.2, 0.25) is 0 Å². The number of carbonyl (C=O) groups excluding carboxylic acids is 1. The molecule has 0 atom stereocenters. The molecular formula is C13H19NO3S. The number of hydrogen-bond acceptors (Lipinski definition) is 4. The van der Waals surface area contributed by atoms with Gasteiger partial charge in [0, 0.05) is 13.6 Å². The van der Waals surface area contributed by atoms with Crippen LogP contribution in [0.4, 0.5) is 0 Å². The van der Waals surface area contributed by atoms with Gasteiger partial charge in [0.1, 0.15) is 5.76 Å². The van der Waals surface area contributed by atoms with Crippen LogP contribution >= 0.6 is 11.8 Å². The Bertz CT molecular complexity index is 412. The Morgan fingerprint density at radius 2 is 2.28 bits per heavy atom. The molecule has 1 aromatic heterocycles. The predicted octanol–water partition coefficient (Wildman–Crippen LogP) is 1.99. The van der Waals surface area contributed by atoms with E-state index in [-0.39, 0.29) is 12.0 Å². The number of carbonyl (C=O) groups is 1. The van der Waals surface area contributed by atoms with E-state index >= 15 is 0 Å². The molecule has 1 heterocycles. The van der Waals surface area contributed by atoms with Gasteiger partial charge in [0.15, 0.2) is 5.76 Å². The molecule has 1 saturated carbocycles. The van der Waals surface area contributed by atoms with Crippen LogP contribution in [0.1, 0.15) is 29.2 Å². The first kappa shape index (κ1) is 13.5. The molecular weight excluding hydrogens is 250 g/mol. The molecule has 0 radical (unpaired) electrons. The van der Waals surface area contributed by atoms with E-state index in [0.717, 1.165) is 24.4 Å².